The molecule has 1 aromatic heterocycles. The van der Waals surface area contributed by atoms with Crippen LogP contribution < -0.4 is 10.2 Å². The summed E-state index contributed by atoms with van der Waals surface area (Å²) in [5, 5.41) is 12.9. The molecule has 1 amide bonds. The first kappa shape index (κ1) is 18.0. The smallest absolute Gasteiger partial charge is 0.268 e. The quantitative estimate of drug-likeness (QED) is 0.484. The van der Waals surface area contributed by atoms with Gasteiger partial charge in [-0.1, -0.05) is 30.8 Å². The van der Waals surface area contributed by atoms with Crippen LogP contribution in [0.1, 0.15) is 12.5 Å². The Labute approximate surface area is 149 Å². The number of carbonyl (C=O) groups is 1. The van der Waals surface area contributed by atoms with Gasteiger partial charge in [0.25, 0.3) is 5.91 Å². The first-order chi connectivity index (χ1) is 11.5. The highest BCUT2D eigenvalue weighted by molar-refractivity contribution is 7.99. The van der Waals surface area contributed by atoms with E-state index in [1.165, 1.54) is 11.8 Å². The van der Waals surface area contributed by atoms with Gasteiger partial charge in [0.1, 0.15) is 11.6 Å². The second kappa shape index (κ2) is 8.47. The summed E-state index contributed by atoms with van der Waals surface area (Å²) in [6.45, 7) is 2.00. The fraction of sp³-hybridized carbons (Fsp3) is 0.250. The van der Waals surface area contributed by atoms with Gasteiger partial charge in [0.15, 0.2) is 0 Å². The van der Waals surface area contributed by atoms with E-state index < -0.39 is 5.91 Å². The topological polar surface area (TPSA) is 81.9 Å². The summed E-state index contributed by atoms with van der Waals surface area (Å²) >= 11 is 2.60. The molecule has 1 N–H and O–H groups in total. The molecule has 0 spiro atoms. The summed E-state index contributed by atoms with van der Waals surface area (Å²) in [7, 11) is 3.90. The summed E-state index contributed by atoms with van der Waals surface area (Å²) in [5.74, 6) is 0.370. The lowest BCUT2D eigenvalue weighted by Gasteiger charge is -2.11. The van der Waals surface area contributed by atoms with Crippen molar-refractivity contribution in [2.24, 2.45) is 0 Å². The van der Waals surface area contributed by atoms with Crippen LogP contribution in [0.15, 0.2) is 35.0 Å². The fourth-order valence-corrected chi connectivity index (χ4v) is 3.06. The van der Waals surface area contributed by atoms with Crippen LogP contribution >= 0.6 is 23.3 Å². The largest absolute Gasteiger partial charge is 0.378 e. The number of nitrogens with zero attached hydrogens (tertiary/aromatic N) is 4. The SMILES string of the molecule is CCSc1nsc(NC(=O)/C(C#N)=C\c2ccc(N(C)C)cc2)n1. The van der Waals surface area contributed by atoms with Crippen molar-refractivity contribution in [3.05, 3.63) is 35.4 Å². The van der Waals surface area contributed by atoms with E-state index in [9.17, 15) is 10.1 Å². The molecular formula is C16H17N5OS2. The maximum atomic E-state index is 12.2. The molecule has 124 valence electrons. The zero-order valence-electron chi connectivity index (χ0n) is 13.6. The normalized spacial score (nSPS) is 11.0. The summed E-state index contributed by atoms with van der Waals surface area (Å²) in [6.07, 6.45) is 1.55. The maximum absolute atomic E-state index is 12.2. The van der Waals surface area contributed by atoms with Crippen LogP contribution in [0.4, 0.5) is 10.8 Å². The van der Waals surface area contributed by atoms with Crippen LogP contribution in [-0.2, 0) is 4.79 Å². The van der Waals surface area contributed by atoms with Crippen molar-refractivity contribution in [2.75, 3.05) is 30.1 Å². The number of amides is 1. The minimum Gasteiger partial charge on any atom is -0.378 e. The van der Waals surface area contributed by atoms with E-state index in [1.54, 1.807) is 6.08 Å². The minimum absolute atomic E-state index is 0.0208. The number of nitrogens with one attached hydrogen (secondary N) is 1. The molecule has 1 aromatic carbocycles. The summed E-state index contributed by atoms with van der Waals surface area (Å²) in [5.41, 5.74) is 1.85. The Balaban J connectivity index is 2.11. The van der Waals surface area contributed by atoms with Gasteiger partial charge in [0.05, 0.1) is 0 Å². The number of thioether (sulfide) groups is 1. The molecule has 0 bridgehead atoms. The second-order valence-corrected chi connectivity index (χ2v) is 6.91. The average molecular weight is 359 g/mol. The molecule has 0 saturated heterocycles. The first-order valence-electron chi connectivity index (χ1n) is 7.20. The monoisotopic (exact) mass is 359 g/mol. The second-order valence-electron chi connectivity index (χ2n) is 4.93. The van der Waals surface area contributed by atoms with Crippen molar-refractivity contribution < 1.29 is 4.79 Å². The molecular weight excluding hydrogens is 342 g/mol. The molecule has 0 aliphatic rings. The molecule has 6 nitrogen and oxygen atoms in total. The summed E-state index contributed by atoms with van der Waals surface area (Å²) in [4.78, 5) is 18.4. The fourth-order valence-electron chi connectivity index (χ4n) is 1.80. The van der Waals surface area contributed by atoms with Crippen LogP contribution in [0.2, 0.25) is 0 Å². The van der Waals surface area contributed by atoms with Crippen molar-refractivity contribution >= 4 is 46.1 Å². The van der Waals surface area contributed by atoms with Crippen LogP contribution in [-0.4, -0.2) is 35.1 Å². The lowest BCUT2D eigenvalue weighted by atomic mass is 10.1. The Morgan fingerprint density at radius 3 is 2.71 bits per heavy atom. The number of aromatic nitrogens is 2. The van der Waals surface area contributed by atoms with Gasteiger partial charge in [0.2, 0.25) is 10.3 Å². The van der Waals surface area contributed by atoms with Gasteiger partial charge in [-0.15, -0.1) is 0 Å². The number of nitriles is 1. The van der Waals surface area contributed by atoms with Gasteiger partial charge in [-0.2, -0.15) is 14.6 Å². The molecule has 0 aliphatic carbocycles. The minimum atomic E-state index is -0.488. The molecule has 0 radical (unpaired) electrons. The number of hydrogen-bond acceptors (Lipinski definition) is 7. The van der Waals surface area contributed by atoms with E-state index in [1.807, 2.05) is 56.3 Å². The highest BCUT2D eigenvalue weighted by atomic mass is 32.2. The first-order valence-corrected chi connectivity index (χ1v) is 8.96. The lowest BCUT2D eigenvalue weighted by molar-refractivity contribution is -0.112. The predicted molar refractivity (Wildman–Crippen MR) is 99.3 cm³/mol. The Bertz CT molecular complexity index is 775. The van der Waals surface area contributed by atoms with Gasteiger partial charge in [-0.3, -0.25) is 10.1 Å². The Morgan fingerprint density at radius 1 is 1.42 bits per heavy atom. The third-order valence-corrected chi connectivity index (χ3v) is 4.46. The van der Waals surface area contributed by atoms with Crippen LogP contribution in [0.25, 0.3) is 6.08 Å². The zero-order chi connectivity index (χ0) is 17.5. The van der Waals surface area contributed by atoms with Gasteiger partial charge < -0.3 is 4.90 Å². The Kier molecular flexibility index (Phi) is 6.35. The molecule has 24 heavy (non-hydrogen) atoms. The third kappa shape index (κ3) is 4.81. The molecule has 1 heterocycles. The zero-order valence-corrected chi connectivity index (χ0v) is 15.2. The van der Waals surface area contributed by atoms with Crippen molar-refractivity contribution in [1.29, 1.82) is 5.26 Å². The predicted octanol–water partition coefficient (Wildman–Crippen LogP) is 3.26. The van der Waals surface area contributed by atoms with Gasteiger partial charge in [0, 0.05) is 31.3 Å². The molecule has 2 aromatic rings. The van der Waals surface area contributed by atoms with Crippen molar-refractivity contribution in [2.45, 2.75) is 12.1 Å². The molecule has 0 unspecified atom stereocenters. The Hall–Kier alpha value is -2.37. The summed E-state index contributed by atoms with van der Waals surface area (Å²) < 4.78 is 4.13. The molecule has 0 saturated carbocycles. The molecule has 0 fully saturated rings. The van der Waals surface area contributed by atoms with E-state index in [4.69, 9.17) is 0 Å². The number of rotatable bonds is 6. The highest BCUT2D eigenvalue weighted by Gasteiger charge is 2.12. The van der Waals surface area contributed by atoms with Crippen molar-refractivity contribution in [3.8, 4) is 6.07 Å². The van der Waals surface area contributed by atoms with Gasteiger partial charge in [-0.05, 0) is 29.5 Å². The lowest BCUT2D eigenvalue weighted by Crippen LogP contribution is -2.13. The number of carbonyl (C=O) groups excluding carboxylic acids is 1. The third-order valence-electron chi connectivity index (χ3n) is 2.99. The molecule has 8 heteroatoms. The average Bonchev–Trinajstić information content (AvgIpc) is 3.00. The summed E-state index contributed by atoms with van der Waals surface area (Å²) in [6, 6.07) is 9.51. The highest BCUT2D eigenvalue weighted by Crippen LogP contribution is 2.20. The van der Waals surface area contributed by atoms with Crippen molar-refractivity contribution in [3.63, 3.8) is 0 Å². The van der Waals surface area contributed by atoms with E-state index in [0.717, 1.165) is 28.5 Å². The number of benzene rings is 1. The number of anilines is 2. The molecule has 0 aliphatic heterocycles. The molecule has 2 rings (SSSR count). The van der Waals surface area contributed by atoms with E-state index in [0.29, 0.717) is 10.3 Å². The van der Waals surface area contributed by atoms with E-state index >= 15 is 0 Å². The van der Waals surface area contributed by atoms with Gasteiger partial charge >= 0.3 is 0 Å². The molecule has 0 atom stereocenters. The van der Waals surface area contributed by atoms with Crippen molar-refractivity contribution in [1.82, 2.24) is 9.36 Å². The van der Waals surface area contributed by atoms with E-state index in [2.05, 4.69) is 14.7 Å². The van der Waals surface area contributed by atoms with Gasteiger partial charge in [-0.25, -0.2) is 0 Å². The maximum Gasteiger partial charge on any atom is 0.268 e. The van der Waals surface area contributed by atoms with Crippen LogP contribution in [0.5, 0.6) is 0 Å². The number of hydrogen-bond donors (Lipinski definition) is 1. The van der Waals surface area contributed by atoms with Crippen LogP contribution in [0.3, 0.4) is 0 Å². The van der Waals surface area contributed by atoms with Crippen LogP contribution in [0, 0.1) is 11.3 Å². The Morgan fingerprint density at radius 2 is 2.12 bits per heavy atom. The standard InChI is InChI=1S/C16H17N5OS2/c1-4-23-16-19-15(24-20-16)18-14(22)12(10-17)9-11-5-7-13(8-6-11)21(2)3/h5-9H,4H2,1-3H3,(H,18,19,20,22)/b12-9-. The van der Waals surface area contributed by atoms with E-state index in [-0.39, 0.29) is 5.57 Å².